The van der Waals surface area contributed by atoms with E-state index in [-0.39, 0.29) is 6.42 Å². The number of amides is 2. The second-order valence-electron chi connectivity index (χ2n) is 7.16. The van der Waals surface area contributed by atoms with Crippen molar-refractivity contribution >= 4 is 35.4 Å². The molecule has 2 amide bonds. The van der Waals surface area contributed by atoms with Gasteiger partial charge in [-0.2, -0.15) is 0 Å². The van der Waals surface area contributed by atoms with Crippen molar-refractivity contribution in [3.63, 3.8) is 0 Å². The Morgan fingerprint density at radius 1 is 1.21 bits per heavy atom. The molecule has 0 bridgehead atoms. The zero-order valence-corrected chi connectivity index (χ0v) is 17.1. The topological polar surface area (TPSA) is 159 Å². The Labute approximate surface area is 175 Å². The summed E-state index contributed by atoms with van der Waals surface area (Å²) in [4.78, 5) is 47.7. The predicted octanol–water partition coefficient (Wildman–Crippen LogP) is 1.09. The third-order valence-corrected chi connectivity index (χ3v) is 4.56. The predicted molar refractivity (Wildman–Crippen MR) is 106 cm³/mol. The summed E-state index contributed by atoms with van der Waals surface area (Å²) in [5.41, 5.74) is 4.89. The van der Waals surface area contributed by atoms with Crippen molar-refractivity contribution in [2.24, 2.45) is 11.7 Å². The second-order valence-corrected chi connectivity index (χ2v) is 7.60. The number of benzene rings is 1. The molecule has 0 fully saturated rings. The number of hydrogen-bond donors (Lipinski definition) is 5. The van der Waals surface area contributed by atoms with E-state index in [1.165, 1.54) is 31.2 Å². The molecule has 1 aromatic carbocycles. The van der Waals surface area contributed by atoms with Crippen molar-refractivity contribution in [1.29, 1.82) is 0 Å². The molecule has 0 saturated heterocycles. The lowest BCUT2D eigenvalue weighted by Gasteiger charge is -2.29. The normalized spacial score (nSPS) is 15.6. The van der Waals surface area contributed by atoms with Crippen LogP contribution in [0.3, 0.4) is 0 Å². The van der Waals surface area contributed by atoms with E-state index < -0.39 is 53.7 Å². The standard InChI is InChI=1S/C19H26ClN3O6/c1-10(2)15(16(26)22-13(17(27)28)8-9-14(24)25)23-18(29)19(3,21)11-4-6-12(20)7-5-11/h4-7,10,13,15H,8-9,21H2,1-3H3,(H,22,26)(H,23,29)(H,24,25)(H,27,28)/t13-,15-,19?/m0/s1/i/hD. The largest absolute Gasteiger partial charge is 0.481 e. The summed E-state index contributed by atoms with van der Waals surface area (Å²) in [6, 6.07) is 3.32. The van der Waals surface area contributed by atoms with E-state index in [9.17, 15) is 24.3 Å². The van der Waals surface area contributed by atoms with Gasteiger partial charge in [-0.3, -0.25) is 14.4 Å². The van der Waals surface area contributed by atoms with Crippen molar-refractivity contribution in [3.8, 4) is 0 Å². The van der Waals surface area contributed by atoms with Crippen LogP contribution in [0.5, 0.6) is 0 Å². The van der Waals surface area contributed by atoms with Gasteiger partial charge in [0, 0.05) is 11.4 Å². The third kappa shape index (κ3) is 7.03. The highest BCUT2D eigenvalue weighted by atomic mass is 35.5. The maximum atomic E-state index is 12.9. The summed E-state index contributed by atoms with van der Waals surface area (Å²) in [5, 5.41) is 21.1. The molecule has 0 radical (unpaired) electrons. The van der Waals surface area contributed by atoms with Gasteiger partial charge in [0.1, 0.15) is 17.6 Å². The summed E-state index contributed by atoms with van der Waals surface area (Å²) < 4.78 is 8.24. The number of halogens is 1. The maximum Gasteiger partial charge on any atom is 0.326 e. The van der Waals surface area contributed by atoms with Crippen LogP contribution in [0.2, 0.25) is 6.43 Å². The first-order valence-electron chi connectivity index (χ1n) is 9.36. The fourth-order valence-corrected chi connectivity index (χ4v) is 2.60. The van der Waals surface area contributed by atoms with Crippen LogP contribution in [0.25, 0.3) is 0 Å². The van der Waals surface area contributed by atoms with Gasteiger partial charge in [-0.05, 0) is 37.0 Å². The van der Waals surface area contributed by atoms with Crippen molar-refractivity contribution in [2.45, 2.75) is 51.2 Å². The highest BCUT2D eigenvalue weighted by molar-refractivity contribution is 6.30. The molecule has 0 aromatic heterocycles. The Morgan fingerprint density at radius 2 is 1.76 bits per heavy atom. The molecule has 0 saturated carbocycles. The molecule has 0 aliphatic carbocycles. The van der Waals surface area contributed by atoms with Gasteiger partial charge in [0.25, 0.3) is 0 Å². The minimum Gasteiger partial charge on any atom is -0.481 e. The first kappa shape index (κ1) is 22.6. The molecule has 0 spiro atoms. The zero-order valence-electron chi connectivity index (χ0n) is 17.4. The quantitative estimate of drug-likeness (QED) is 0.373. The molecule has 1 aromatic rings. The van der Waals surface area contributed by atoms with Crippen LogP contribution in [0, 0.1) is 5.92 Å². The van der Waals surface area contributed by atoms with Gasteiger partial charge < -0.3 is 26.6 Å². The molecule has 0 aliphatic rings. The van der Waals surface area contributed by atoms with E-state index in [1.807, 2.05) is 0 Å². The molecular formula is C19H26ClN3O6. The summed E-state index contributed by atoms with van der Waals surface area (Å²) in [6.45, 7) is 4.56. The van der Waals surface area contributed by atoms with Crippen LogP contribution in [0.1, 0.15) is 39.2 Å². The Morgan fingerprint density at radius 3 is 2.21 bits per heavy atom. The van der Waals surface area contributed by atoms with Crippen LogP contribution in [-0.2, 0) is 24.7 Å². The van der Waals surface area contributed by atoms with Crippen LogP contribution in [-0.4, -0.2) is 46.0 Å². The number of aliphatic carboxylic acids is 2. The van der Waals surface area contributed by atoms with Gasteiger partial charge in [0.2, 0.25) is 11.8 Å². The molecule has 1 rings (SSSR count). The highest BCUT2D eigenvalue weighted by Crippen LogP contribution is 2.21. The molecule has 9 nitrogen and oxygen atoms in total. The van der Waals surface area contributed by atoms with Crippen LogP contribution in [0.4, 0.5) is 0 Å². The molecule has 10 heteroatoms. The molecule has 3 atom stereocenters. The first-order valence-corrected chi connectivity index (χ1v) is 9.29. The minimum absolute atomic E-state index is 0.341. The van der Waals surface area contributed by atoms with Crippen LogP contribution >= 0.6 is 11.6 Å². The van der Waals surface area contributed by atoms with Crippen molar-refractivity contribution < 1.29 is 30.8 Å². The third-order valence-electron chi connectivity index (χ3n) is 4.31. The lowest BCUT2D eigenvalue weighted by molar-refractivity contribution is -0.143. The van der Waals surface area contributed by atoms with E-state index in [4.69, 9.17) is 23.9 Å². The average Bonchev–Trinajstić information content (AvgIpc) is 2.64. The SMILES string of the molecule is [2H]N(C(=O)C(C)(N)c1ccc(Cl)cc1)[C@H](C(=O)N[C@@H](CCC(=O)O)C(=O)O)C(C)C. The lowest BCUT2D eigenvalue weighted by Crippen LogP contribution is -2.58. The van der Waals surface area contributed by atoms with Crippen LogP contribution in [0.15, 0.2) is 24.3 Å². The van der Waals surface area contributed by atoms with E-state index in [0.29, 0.717) is 15.9 Å². The van der Waals surface area contributed by atoms with Crippen molar-refractivity contribution in [1.82, 2.24) is 10.6 Å². The Bertz CT molecular complexity index is 800. The summed E-state index contributed by atoms with van der Waals surface area (Å²) in [5.74, 6) is -4.95. The van der Waals surface area contributed by atoms with E-state index in [1.54, 1.807) is 13.8 Å². The molecule has 6 N–H and O–H groups in total. The van der Waals surface area contributed by atoms with Gasteiger partial charge in [0.05, 0.1) is 0 Å². The molecule has 1 unspecified atom stereocenters. The summed E-state index contributed by atoms with van der Waals surface area (Å²) >= 11 is 5.85. The van der Waals surface area contributed by atoms with Crippen molar-refractivity contribution in [3.05, 3.63) is 34.9 Å². The Balaban J connectivity index is 3.07. The molecular weight excluding hydrogens is 402 g/mol. The number of nitrogens with two attached hydrogens (primary N) is 1. The zero-order chi connectivity index (χ0) is 23.2. The Hall–Kier alpha value is -2.65. The monoisotopic (exact) mass is 428 g/mol. The van der Waals surface area contributed by atoms with Gasteiger partial charge in [-0.1, -0.05) is 37.6 Å². The molecule has 0 aliphatic heterocycles. The minimum atomic E-state index is -1.64. The fourth-order valence-electron chi connectivity index (χ4n) is 2.47. The van der Waals surface area contributed by atoms with Gasteiger partial charge >= 0.3 is 11.9 Å². The van der Waals surface area contributed by atoms with Crippen molar-refractivity contribution in [2.75, 3.05) is 0 Å². The maximum absolute atomic E-state index is 12.9. The number of nitrogens with one attached hydrogen (secondary N) is 2. The van der Waals surface area contributed by atoms with Crippen LogP contribution < -0.4 is 16.4 Å². The number of carboxylic acids is 2. The van der Waals surface area contributed by atoms with E-state index in [2.05, 4.69) is 5.32 Å². The molecule has 0 heterocycles. The second kappa shape index (κ2) is 10.2. The number of carboxylic acid groups (broad SMARTS) is 2. The fraction of sp³-hybridized carbons (Fsp3) is 0.474. The number of carbonyl (C=O) groups excluding carboxylic acids is 2. The first-order chi connectivity index (χ1) is 13.8. The van der Waals surface area contributed by atoms with E-state index >= 15 is 0 Å². The number of rotatable bonds is 10. The van der Waals surface area contributed by atoms with E-state index in [0.717, 1.165) is 0 Å². The lowest BCUT2D eigenvalue weighted by atomic mass is 9.91. The number of carbonyl (C=O) groups is 4. The number of hydrogen-bond acceptors (Lipinski definition) is 5. The Kier molecular flexibility index (Phi) is 7.98. The van der Waals surface area contributed by atoms with Gasteiger partial charge in [-0.15, -0.1) is 0 Å². The average molecular weight is 429 g/mol. The summed E-state index contributed by atoms with van der Waals surface area (Å²) in [7, 11) is 0. The smallest absolute Gasteiger partial charge is 0.326 e. The summed E-state index contributed by atoms with van der Waals surface area (Å²) in [6.07, 6.45) is -0.808. The molecule has 29 heavy (non-hydrogen) atoms. The van der Waals surface area contributed by atoms with Gasteiger partial charge in [0.15, 0.2) is 1.41 Å². The molecule has 160 valence electrons. The highest BCUT2D eigenvalue weighted by Gasteiger charge is 2.35. The van der Waals surface area contributed by atoms with Gasteiger partial charge in [-0.25, -0.2) is 4.79 Å².